The fraction of sp³-hybridized carbons (Fsp3) is 0.364. The van der Waals surface area contributed by atoms with Crippen LogP contribution in [0.1, 0.15) is 39.6 Å². The Morgan fingerprint density at radius 2 is 2.07 bits per heavy atom. The quantitative estimate of drug-likeness (QED) is 0.693. The maximum absolute atomic E-state index is 12.7. The minimum Gasteiger partial charge on any atom is -0.361 e. The number of hydrogen-bond acceptors (Lipinski definition) is 5. The van der Waals surface area contributed by atoms with E-state index in [1.165, 1.54) is 0 Å². The van der Waals surface area contributed by atoms with Crippen molar-refractivity contribution < 1.29 is 9.32 Å². The molecule has 0 aliphatic carbocycles. The zero-order chi connectivity index (χ0) is 19.7. The van der Waals surface area contributed by atoms with Crippen LogP contribution < -0.4 is 0 Å². The minimum absolute atomic E-state index is 0.0624. The number of nitrogens with zero attached hydrogens (tertiary/aromatic N) is 4. The maximum atomic E-state index is 12.7. The second kappa shape index (κ2) is 7.54. The zero-order valence-corrected chi connectivity index (χ0v) is 16.5. The Morgan fingerprint density at radius 1 is 1.21 bits per heavy atom. The lowest BCUT2D eigenvalue weighted by Gasteiger charge is -2.16. The van der Waals surface area contributed by atoms with Crippen LogP contribution in [0.25, 0.3) is 11.3 Å². The summed E-state index contributed by atoms with van der Waals surface area (Å²) in [6.45, 7) is 7.29. The van der Waals surface area contributed by atoms with Crippen LogP contribution in [0.3, 0.4) is 0 Å². The minimum atomic E-state index is 0.0624. The highest BCUT2D eigenvalue weighted by Gasteiger charge is 2.27. The number of carbonyl (C=O) groups excluding carboxylic acids is 1. The summed E-state index contributed by atoms with van der Waals surface area (Å²) in [5.41, 5.74) is 5.33. The topological polar surface area (TPSA) is 72.1 Å². The third-order valence-electron chi connectivity index (χ3n) is 5.33. The van der Waals surface area contributed by atoms with Gasteiger partial charge in [-0.05, 0) is 63.8 Å². The molecule has 4 heterocycles. The van der Waals surface area contributed by atoms with E-state index < -0.39 is 0 Å². The van der Waals surface area contributed by atoms with Crippen molar-refractivity contribution in [3.05, 3.63) is 64.9 Å². The highest BCUT2D eigenvalue weighted by Crippen LogP contribution is 2.27. The molecule has 6 nitrogen and oxygen atoms in total. The van der Waals surface area contributed by atoms with Crippen molar-refractivity contribution in [2.45, 2.75) is 33.6 Å². The van der Waals surface area contributed by atoms with Crippen molar-refractivity contribution in [3.63, 3.8) is 0 Å². The van der Waals surface area contributed by atoms with Gasteiger partial charge in [0.1, 0.15) is 5.76 Å². The number of carbonyl (C=O) groups is 1. The molecule has 1 atom stereocenters. The average molecular weight is 376 g/mol. The Kier molecular flexibility index (Phi) is 4.94. The molecule has 1 aliphatic heterocycles. The highest BCUT2D eigenvalue weighted by molar-refractivity contribution is 5.94. The molecule has 144 valence electrons. The van der Waals surface area contributed by atoms with Gasteiger partial charge in [0.2, 0.25) is 0 Å². The molecule has 1 aliphatic rings. The Labute approximate surface area is 164 Å². The average Bonchev–Trinajstić information content (AvgIpc) is 3.28. The van der Waals surface area contributed by atoms with E-state index in [9.17, 15) is 4.79 Å². The van der Waals surface area contributed by atoms with Crippen LogP contribution in [0, 0.1) is 26.7 Å². The van der Waals surface area contributed by atoms with E-state index in [1.807, 2.05) is 49.9 Å². The van der Waals surface area contributed by atoms with E-state index in [1.54, 1.807) is 6.20 Å². The predicted octanol–water partition coefficient (Wildman–Crippen LogP) is 3.76. The molecular formula is C22H24N4O2. The van der Waals surface area contributed by atoms with Gasteiger partial charge in [0.15, 0.2) is 0 Å². The second-order valence-electron chi connectivity index (χ2n) is 7.51. The summed E-state index contributed by atoms with van der Waals surface area (Å²) in [4.78, 5) is 23.7. The van der Waals surface area contributed by atoms with Gasteiger partial charge >= 0.3 is 0 Å². The largest absolute Gasteiger partial charge is 0.361 e. The molecule has 0 unspecified atom stereocenters. The lowest BCUT2D eigenvalue weighted by Crippen LogP contribution is -2.29. The third-order valence-corrected chi connectivity index (χ3v) is 5.33. The van der Waals surface area contributed by atoms with Gasteiger partial charge in [-0.3, -0.25) is 14.8 Å². The summed E-state index contributed by atoms with van der Waals surface area (Å²) in [5.74, 6) is 1.26. The fourth-order valence-corrected chi connectivity index (χ4v) is 3.84. The molecule has 3 aromatic heterocycles. The van der Waals surface area contributed by atoms with Crippen molar-refractivity contribution in [3.8, 4) is 11.3 Å². The van der Waals surface area contributed by atoms with Crippen molar-refractivity contribution in [2.75, 3.05) is 13.1 Å². The summed E-state index contributed by atoms with van der Waals surface area (Å²) in [6, 6.07) is 9.80. The van der Waals surface area contributed by atoms with E-state index >= 15 is 0 Å². The maximum Gasteiger partial charge on any atom is 0.255 e. The van der Waals surface area contributed by atoms with E-state index in [0.717, 1.165) is 60.0 Å². The van der Waals surface area contributed by atoms with E-state index in [0.29, 0.717) is 11.5 Å². The molecule has 1 fully saturated rings. The summed E-state index contributed by atoms with van der Waals surface area (Å²) >= 11 is 0. The zero-order valence-electron chi connectivity index (χ0n) is 16.5. The Morgan fingerprint density at radius 3 is 2.79 bits per heavy atom. The first kappa shape index (κ1) is 18.3. The van der Waals surface area contributed by atoms with Crippen molar-refractivity contribution in [1.82, 2.24) is 20.0 Å². The molecule has 28 heavy (non-hydrogen) atoms. The van der Waals surface area contributed by atoms with E-state index in [-0.39, 0.29) is 5.91 Å². The number of rotatable bonds is 4. The standard InChI is InChI=1S/C22H24N4O2/c1-14-7-8-18(12-23-14)22(27)26-10-9-17(13-26)11-19-5-4-6-20(24-19)21-15(2)25-28-16(21)3/h4-8,12,17H,9-11,13H2,1-3H3/t17-/m0/s1. The number of pyridine rings is 2. The summed E-state index contributed by atoms with van der Waals surface area (Å²) in [5, 5.41) is 4.02. The molecule has 0 saturated carbocycles. The van der Waals surface area contributed by atoms with Crippen molar-refractivity contribution in [2.24, 2.45) is 5.92 Å². The normalized spacial score (nSPS) is 16.5. The summed E-state index contributed by atoms with van der Waals surface area (Å²) < 4.78 is 5.27. The SMILES string of the molecule is Cc1ccc(C(=O)N2CC[C@@H](Cc3cccc(-c4c(C)noc4C)n3)C2)cn1. The van der Waals surface area contributed by atoms with Gasteiger partial charge in [0.05, 0.1) is 22.5 Å². The molecule has 1 saturated heterocycles. The van der Waals surface area contributed by atoms with Crippen LogP contribution in [0.5, 0.6) is 0 Å². The molecule has 0 aromatic carbocycles. The van der Waals surface area contributed by atoms with Gasteiger partial charge in [0, 0.05) is 30.7 Å². The molecular weight excluding hydrogens is 352 g/mol. The first-order valence-electron chi connectivity index (χ1n) is 9.62. The number of aromatic nitrogens is 3. The number of hydrogen-bond donors (Lipinski definition) is 0. The molecule has 0 bridgehead atoms. The Hall–Kier alpha value is -3.02. The number of likely N-dealkylation sites (tertiary alicyclic amines) is 1. The first-order chi connectivity index (χ1) is 13.5. The van der Waals surface area contributed by atoms with Crippen LogP contribution >= 0.6 is 0 Å². The lowest BCUT2D eigenvalue weighted by atomic mass is 10.0. The molecule has 3 aromatic rings. The Balaban J connectivity index is 1.44. The van der Waals surface area contributed by atoms with E-state index in [4.69, 9.17) is 9.51 Å². The molecule has 0 radical (unpaired) electrons. The monoisotopic (exact) mass is 376 g/mol. The van der Waals surface area contributed by atoms with Gasteiger partial charge in [-0.1, -0.05) is 11.2 Å². The van der Waals surface area contributed by atoms with Crippen molar-refractivity contribution in [1.29, 1.82) is 0 Å². The first-order valence-corrected chi connectivity index (χ1v) is 9.62. The van der Waals surface area contributed by atoms with Gasteiger partial charge in [-0.2, -0.15) is 0 Å². The predicted molar refractivity (Wildman–Crippen MR) is 106 cm³/mol. The molecule has 0 N–H and O–H groups in total. The molecule has 0 spiro atoms. The molecule has 6 heteroatoms. The third kappa shape index (κ3) is 3.67. The van der Waals surface area contributed by atoms with Crippen molar-refractivity contribution >= 4 is 5.91 Å². The Bertz CT molecular complexity index is 975. The summed E-state index contributed by atoms with van der Waals surface area (Å²) in [7, 11) is 0. The van der Waals surface area contributed by atoms with Crippen LogP contribution in [-0.4, -0.2) is 39.0 Å². The number of aryl methyl sites for hydroxylation is 3. The van der Waals surface area contributed by atoms with E-state index in [2.05, 4.69) is 16.2 Å². The van der Waals surface area contributed by atoms with Crippen LogP contribution in [0.15, 0.2) is 41.1 Å². The smallest absolute Gasteiger partial charge is 0.255 e. The molecule has 1 amide bonds. The second-order valence-corrected chi connectivity index (χ2v) is 7.51. The van der Waals surface area contributed by atoms with Crippen LogP contribution in [0.4, 0.5) is 0 Å². The molecule has 4 rings (SSSR count). The van der Waals surface area contributed by atoms with Gasteiger partial charge in [0.25, 0.3) is 5.91 Å². The van der Waals surface area contributed by atoms with Gasteiger partial charge in [-0.25, -0.2) is 0 Å². The lowest BCUT2D eigenvalue weighted by molar-refractivity contribution is 0.0786. The number of amides is 1. The highest BCUT2D eigenvalue weighted by atomic mass is 16.5. The van der Waals surface area contributed by atoms with Crippen LogP contribution in [0.2, 0.25) is 0 Å². The van der Waals surface area contributed by atoms with Gasteiger partial charge in [-0.15, -0.1) is 0 Å². The summed E-state index contributed by atoms with van der Waals surface area (Å²) in [6.07, 6.45) is 3.51. The van der Waals surface area contributed by atoms with Gasteiger partial charge < -0.3 is 9.42 Å². The fourth-order valence-electron chi connectivity index (χ4n) is 3.84. The van der Waals surface area contributed by atoms with Crippen LogP contribution in [-0.2, 0) is 6.42 Å².